The molecule has 1 heterocycles. The van der Waals surface area contributed by atoms with Crippen LogP contribution >= 0.6 is 0 Å². The fraction of sp³-hybridized carbons (Fsp3) is 0.700. The quantitative estimate of drug-likeness (QED) is 0.822. The molecule has 1 saturated carbocycles. The topological polar surface area (TPSA) is 86.3 Å². The third-order valence-corrected chi connectivity index (χ3v) is 5.25. The minimum atomic E-state index is -3.57. The lowest BCUT2D eigenvalue weighted by Crippen LogP contribution is -2.35. The number of aliphatic hydroxyl groups excluding tert-OH is 1. The number of sulfonamides is 1. The van der Waals surface area contributed by atoms with Crippen LogP contribution in [0.5, 0.6) is 0 Å². The van der Waals surface area contributed by atoms with Gasteiger partial charge in [-0.05, 0) is 12.8 Å². The monoisotopic (exact) mass is 259 g/mol. The van der Waals surface area contributed by atoms with Crippen molar-refractivity contribution in [3.8, 4) is 0 Å². The van der Waals surface area contributed by atoms with Gasteiger partial charge in [0.15, 0.2) is 5.03 Å². The molecule has 0 unspecified atom stereocenters. The molecule has 96 valence electrons. The standard InChI is InChI=1S/C10H17N3O3S/c1-13(9-4-2-3-5-9)17(15,16)10-8(7-14)6-11-12-10/h6,9,14H,2-5,7H2,1H3,(H,11,12). The number of aliphatic hydroxyl groups is 1. The molecule has 7 heteroatoms. The molecule has 0 spiro atoms. The summed E-state index contributed by atoms with van der Waals surface area (Å²) in [6, 6.07) is 0.0647. The molecule has 1 aromatic rings. The maximum absolute atomic E-state index is 12.3. The zero-order chi connectivity index (χ0) is 12.5. The molecule has 1 aliphatic rings. The normalized spacial score (nSPS) is 18.1. The summed E-state index contributed by atoms with van der Waals surface area (Å²) in [5.41, 5.74) is 0.315. The van der Waals surface area contributed by atoms with Gasteiger partial charge in [-0.3, -0.25) is 5.10 Å². The van der Waals surface area contributed by atoms with Gasteiger partial charge < -0.3 is 5.11 Å². The molecule has 17 heavy (non-hydrogen) atoms. The van der Waals surface area contributed by atoms with E-state index in [1.165, 1.54) is 10.5 Å². The Morgan fingerprint density at radius 3 is 2.76 bits per heavy atom. The average molecular weight is 259 g/mol. The van der Waals surface area contributed by atoms with Crippen LogP contribution in [-0.2, 0) is 16.6 Å². The van der Waals surface area contributed by atoms with Crippen LogP contribution in [-0.4, -0.2) is 41.1 Å². The lowest BCUT2D eigenvalue weighted by molar-refractivity contribution is 0.277. The van der Waals surface area contributed by atoms with Crippen molar-refractivity contribution in [1.29, 1.82) is 0 Å². The molecule has 6 nitrogen and oxygen atoms in total. The van der Waals surface area contributed by atoms with Crippen molar-refractivity contribution < 1.29 is 13.5 Å². The summed E-state index contributed by atoms with van der Waals surface area (Å²) < 4.78 is 26.0. The summed E-state index contributed by atoms with van der Waals surface area (Å²) in [5.74, 6) is 0. The molecule has 0 bridgehead atoms. The zero-order valence-corrected chi connectivity index (χ0v) is 10.6. The van der Waals surface area contributed by atoms with Crippen LogP contribution in [0.25, 0.3) is 0 Å². The van der Waals surface area contributed by atoms with Crippen molar-refractivity contribution in [3.63, 3.8) is 0 Å². The summed E-state index contributed by atoms with van der Waals surface area (Å²) >= 11 is 0. The van der Waals surface area contributed by atoms with Gasteiger partial charge in [0, 0.05) is 18.7 Å². The molecule has 0 aromatic carbocycles. The molecule has 0 aliphatic heterocycles. The maximum atomic E-state index is 12.3. The number of H-pyrrole nitrogens is 1. The van der Waals surface area contributed by atoms with E-state index in [2.05, 4.69) is 10.2 Å². The number of rotatable bonds is 4. The number of aromatic nitrogens is 2. The van der Waals surface area contributed by atoms with Crippen LogP contribution < -0.4 is 0 Å². The highest BCUT2D eigenvalue weighted by atomic mass is 32.2. The van der Waals surface area contributed by atoms with E-state index in [1.54, 1.807) is 7.05 Å². The Morgan fingerprint density at radius 2 is 2.18 bits per heavy atom. The van der Waals surface area contributed by atoms with E-state index in [9.17, 15) is 8.42 Å². The molecule has 1 fully saturated rings. The Kier molecular flexibility index (Phi) is 3.50. The second kappa shape index (κ2) is 4.75. The number of nitrogens with zero attached hydrogens (tertiary/aromatic N) is 2. The Labute approximate surface area is 101 Å². The second-order valence-corrected chi connectivity index (χ2v) is 6.28. The van der Waals surface area contributed by atoms with Gasteiger partial charge in [0.25, 0.3) is 10.0 Å². The zero-order valence-electron chi connectivity index (χ0n) is 9.76. The van der Waals surface area contributed by atoms with Crippen molar-refractivity contribution in [1.82, 2.24) is 14.5 Å². The summed E-state index contributed by atoms with van der Waals surface area (Å²) in [4.78, 5) is 0. The van der Waals surface area contributed by atoms with E-state index in [0.29, 0.717) is 5.56 Å². The Balaban J connectivity index is 2.29. The van der Waals surface area contributed by atoms with Gasteiger partial charge in [-0.2, -0.15) is 9.40 Å². The number of hydrogen-bond acceptors (Lipinski definition) is 4. The first-order chi connectivity index (χ1) is 8.07. The molecule has 0 radical (unpaired) electrons. The minimum Gasteiger partial charge on any atom is -0.392 e. The van der Waals surface area contributed by atoms with Crippen LogP contribution in [0.2, 0.25) is 0 Å². The summed E-state index contributed by atoms with van der Waals surface area (Å²) in [7, 11) is -1.98. The predicted molar refractivity (Wildman–Crippen MR) is 61.7 cm³/mol. The van der Waals surface area contributed by atoms with Gasteiger partial charge in [0.05, 0.1) is 12.8 Å². The maximum Gasteiger partial charge on any atom is 0.260 e. The summed E-state index contributed by atoms with van der Waals surface area (Å²) in [5, 5.41) is 15.2. The van der Waals surface area contributed by atoms with Crippen molar-refractivity contribution in [2.24, 2.45) is 0 Å². The molecule has 2 N–H and O–H groups in total. The highest BCUT2D eigenvalue weighted by Gasteiger charge is 2.32. The van der Waals surface area contributed by atoms with Crippen molar-refractivity contribution in [2.75, 3.05) is 7.05 Å². The smallest absolute Gasteiger partial charge is 0.260 e. The number of nitrogens with one attached hydrogen (secondary N) is 1. The molecule has 0 saturated heterocycles. The van der Waals surface area contributed by atoms with E-state index in [-0.39, 0.29) is 17.7 Å². The highest BCUT2D eigenvalue weighted by molar-refractivity contribution is 7.89. The van der Waals surface area contributed by atoms with Crippen LogP contribution in [0, 0.1) is 0 Å². The first-order valence-corrected chi connectivity index (χ1v) is 7.12. The molecular weight excluding hydrogens is 242 g/mol. The first-order valence-electron chi connectivity index (χ1n) is 5.68. The van der Waals surface area contributed by atoms with Crippen molar-refractivity contribution in [2.45, 2.75) is 43.4 Å². The second-order valence-electron chi connectivity index (χ2n) is 4.34. The van der Waals surface area contributed by atoms with Gasteiger partial charge in [0.1, 0.15) is 0 Å². The van der Waals surface area contributed by atoms with Gasteiger partial charge in [-0.25, -0.2) is 8.42 Å². The third kappa shape index (κ3) is 2.22. The molecule has 0 atom stereocenters. The van der Waals surface area contributed by atoms with Crippen LogP contribution in [0.1, 0.15) is 31.2 Å². The van der Waals surface area contributed by atoms with Gasteiger partial charge in [0.2, 0.25) is 0 Å². The number of aromatic amines is 1. The highest BCUT2D eigenvalue weighted by Crippen LogP contribution is 2.27. The van der Waals surface area contributed by atoms with E-state index >= 15 is 0 Å². The minimum absolute atomic E-state index is 0.00870. The lowest BCUT2D eigenvalue weighted by atomic mass is 10.3. The van der Waals surface area contributed by atoms with Crippen LogP contribution in [0.4, 0.5) is 0 Å². The summed E-state index contributed by atoms with van der Waals surface area (Å²) in [6.07, 6.45) is 5.28. The van der Waals surface area contributed by atoms with E-state index in [0.717, 1.165) is 25.7 Å². The van der Waals surface area contributed by atoms with E-state index in [4.69, 9.17) is 5.11 Å². The Hall–Kier alpha value is -0.920. The van der Waals surface area contributed by atoms with Gasteiger partial charge >= 0.3 is 0 Å². The largest absolute Gasteiger partial charge is 0.392 e. The molecular formula is C10H17N3O3S. The fourth-order valence-corrected chi connectivity index (χ4v) is 3.75. The number of hydrogen-bond donors (Lipinski definition) is 2. The SMILES string of the molecule is CN(C1CCCC1)S(=O)(=O)c1[nH]ncc1CO. The molecule has 1 aromatic heterocycles. The van der Waals surface area contributed by atoms with Crippen LogP contribution in [0.3, 0.4) is 0 Å². The van der Waals surface area contributed by atoms with Crippen LogP contribution in [0.15, 0.2) is 11.2 Å². The van der Waals surface area contributed by atoms with Crippen molar-refractivity contribution >= 4 is 10.0 Å². The fourth-order valence-electron chi connectivity index (χ4n) is 2.24. The average Bonchev–Trinajstić information content (AvgIpc) is 2.98. The molecule has 2 rings (SSSR count). The Bertz CT molecular complexity index is 477. The molecule has 0 amide bonds. The first kappa shape index (κ1) is 12.5. The third-order valence-electron chi connectivity index (χ3n) is 3.32. The lowest BCUT2D eigenvalue weighted by Gasteiger charge is -2.23. The van der Waals surface area contributed by atoms with Gasteiger partial charge in [-0.1, -0.05) is 12.8 Å². The van der Waals surface area contributed by atoms with E-state index in [1.807, 2.05) is 0 Å². The summed E-state index contributed by atoms with van der Waals surface area (Å²) in [6.45, 7) is -0.330. The van der Waals surface area contributed by atoms with Crippen molar-refractivity contribution in [3.05, 3.63) is 11.8 Å². The van der Waals surface area contributed by atoms with E-state index < -0.39 is 10.0 Å². The predicted octanol–water partition coefficient (Wildman–Crippen LogP) is 0.465. The Morgan fingerprint density at radius 1 is 1.53 bits per heavy atom. The van der Waals surface area contributed by atoms with Gasteiger partial charge in [-0.15, -0.1) is 0 Å². The molecule has 1 aliphatic carbocycles.